The normalized spacial score (nSPS) is 10.0. The van der Waals surface area contributed by atoms with Crippen LogP contribution in [0.4, 0.5) is 5.95 Å². The summed E-state index contributed by atoms with van der Waals surface area (Å²) in [4.78, 5) is 11.5. The highest BCUT2D eigenvalue weighted by molar-refractivity contribution is 6.30. The summed E-state index contributed by atoms with van der Waals surface area (Å²) in [5.74, 6) is 0.572. The Kier molecular flexibility index (Phi) is 3.24. The first-order valence-electron chi connectivity index (χ1n) is 4.66. The molecule has 1 heterocycles. The van der Waals surface area contributed by atoms with Crippen molar-refractivity contribution < 1.29 is 9.47 Å². The first-order valence-corrected chi connectivity index (χ1v) is 5.04. The molecule has 0 fully saturated rings. The summed E-state index contributed by atoms with van der Waals surface area (Å²) in [5, 5.41) is 0.616. The molecule has 2 rings (SSSR count). The number of hydrogen-bond donors (Lipinski definition) is 1. The molecule has 0 aliphatic heterocycles. The first-order chi connectivity index (χ1) is 8.17. The van der Waals surface area contributed by atoms with Crippen LogP contribution in [0.5, 0.6) is 17.8 Å². The van der Waals surface area contributed by atoms with Crippen molar-refractivity contribution in [3.8, 4) is 17.8 Å². The maximum absolute atomic E-state index is 5.75. The van der Waals surface area contributed by atoms with Gasteiger partial charge >= 0.3 is 12.0 Å². The summed E-state index contributed by atoms with van der Waals surface area (Å²) in [6, 6.07) is 6.93. The average Bonchev–Trinajstić information content (AvgIpc) is 2.31. The lowest BCUT2D eigenvalue weighted by Crippen LogP contribution is -2.02. The standard InChI is InChI=1S/C10H9ClN4O2/c1-16-9-13-8(12)14-10(15-9)17-7-4-2-6(11)3-5-7/h2-5H,1H3,(H2,12,13,14,15). The molecule has 2 N–H and O–H groups in total. The van der Waals surface area contributed by atoms with Gasteiger partial charge in [-0.1, -0.05) is 11.6 Å². The molecule has 88 valence electrons. The van der Waals surface area contributed by atoms with Gasteiger partial charge in [0.25, 0.3) is 0 Å². The minimum Gasteiger partial charge on any atom is -0.467 e. The smallest absolute Gasteiger partial charge is 0.330 e. The van der Waals surface area contributed by atoms with E-state index in [1.807, 2.05) is 0 Å². The van der Waals surface area contributed by atoms with Crippen LogP contribution in [0, 0.1) is 0 Å². The van der Waals surface area contributed by atoms with Gasteiger partial charge in [0.15, 0.2) is 0 Å². The molecule has 0 aliphatic carbocycles. The van der Waals surface area contributed by atoms with Crippen molar-refractivity contribution in [2.24, 2.45) is 0 Å². The highest BCUT2D eigenvalue weighted by Crippen LogP contribution is 2.21. The highest BCUT2D eigenvalue weighted by atomic mass is 35.5. The van der Waals surface area contributed by atoms with Crippen LogP contribution in [-0.4, -0.2) is 22.1 Å². The molecule has 1 aromatic heterocycles. The van der Waals surface area contributed by atoms with Crippen molar-refractivity contribution in [3.05, 3.63) is 29.3 Å². The minimum absolute atomic E-state index is 0.0285. The van der Waals surface area contributed by atoms with E-state index in [2.05, 4.69) is 15.0 Å². The Balaban J connectivity index is 2.23. The predicted molar refractivity (Wildman–Crippen MR) is 62.3 cm³/mol. The van der Waals surface area contributed by atoms with Crippen molar-refractivity contribution in [3.63, 3.8) is 0 Å². The third-order valence-corrected chi connectivity index (χ3v) is 2.07. The SMILES string of the molecule is COc1nc(N)nc(Oc2ccc(Cl)cc2)n1. The Hall–Kier alpha value is -2.08. The molecule has 17 heavy (non-hydrogen) atoms. The molecule has 0 saturated heterocycles. The highest BCUT2D eigenvalue weighted by Gasteiger charge is 2.06. The molecule has 0 spiro atoms. The summed E-state index contributed by atoms with van der Waals surface area (Å²) >= 11 is 5.75. The molecule has 2 aromatic rings. The van der Waals surface area contributed by atoms with Crippen LogP contribution < -0.4 is 15.2 Å². The second kappa shape index (κ2) is 4.84. The van der Waals surface area contributed by atoms with Crippen molar-refractivity contribution in [1.29, 1.82) is 0 Å². The molecule has 7 heteroatoms. The van der Waals surface area contributed by atoms with E-state index >= 15 is 0 Å². The van der Waals surface area contributed by atoms with Crippen LogP contribution in [0.25, 0.3) is 0 Å². The van der Waals surface area contributed by atoms with Gasteiger partial charge < -0.3 is 15.2 Å². The van der Waals surface area contributed by atoms with Crippen molar-refractivity contribution in [2.75, 3.05) is 12.8 Å². The number of aromatic nitrogens is 3. The number of nitrogen functional groups attached to an aromatic ring is 1. The quantitative estimate of drug-likeness (QED) is 0.898. The number of ether oxygens (including phenoxy) is 2. The number of benzene rings is 1. The monoisotopic (exact) mass is 252 g/mol. The lowest BCUT2D eigenvalue weighted by molar-refractivity contribution is 0.360. The van der Waals surface area contributed by atoms with Gasteiger partial charge in [-0.05, 0) is 24.3 Å². The summed E-state index contributed by atoms with van der Waals surface area (Å²) in [7, 11) is 1.43. The second-order valence-electron chi connectivity index (χ2n) is 3.02. The maximum atomic E-state index is 5.75. The van der Waals surface area contributed by atoms with E-state index in [1.165, 1.54) is 7.11 Å². The number of anilines is 1. The van der Waals surface area contributed by atoms with E-state index < -0.39 is 0 Å². The van der Waals surface area contributed by atoms with Crippen LogP contribution in [0.1, 0.15) is 0 Å². The molecular formula is C10H9ClN4O2. The third kappa shape index (κ3) is 2.94. The lowest BCUT2D eigenvalue weighted by Gasteiger charge is -2.05. The largest absolute Gasteiger partial charge is 0.467 e. The minimum atomic E-state index is 0.0285. The van der Waals surface area contributed by atoms with Crippen molar-refractivity contribution >= 4 is 17.5 Å². The summed E-state index contributed by atoms with van der Waals surface area (Å²) in [6.07, 6.45) is 0. The van der Waals surface area contributed by atoms with Gasteiger partial charge in [-0.15, -0.1) is 4.98 Å². The van der Waals surface area contributed by atoms with E-state index in [4.69, 9.17) is 26.8 Å². The Labute approximate surface area is 102 Å². The van der Waals surface area contributed by atoms with E-state index in [0.29, 0.717) is 10.8 Å². The fourth-order valence-corrected chi connectivity index (χ4v) is 1.22. The second-order valence-corrected chi connectivity index (χ2v) is 3.46. The Morgan fingerprint density at radius 2 is 1.71 bits per heavy atom. The number of halogens is 1. The zero-order valence-electron chi connectivity index (χ0n) is 8.92. The zero-order valence-corrected chi connectivity index (χ0v) is 9.68. The van der Waals surface area contributed by atoms with Crippen molar-refractivity contribution in [2.45, 2.75) is 0 Å². The molecular weight excluding hydrogens is 244 g/mol. The molecule has 0 bridgehead atoms. The Morgan fingerprint density at radius 3 is 2.35 bits per heavy atom. The molecule has 6 nitrogen and oxygen atoms in total. The van der Waals surface area contributed by atoms with Gasteiger partial charge in [0.2, 0.25) is 5.95 Å². The van der Waals surface area contributed by atoms with Gasteiger partial charge in [-0.25, -0.2) is 0 Å². The summed E-state index contributed by atoms with van der Waals surface area (Å²) in [5.41, 5.74) is 5.47. The van der Waals surface area contributed by atoms with Crippen molar-refractivity contribution in [1.82, 2.24) is 15.0 Å². The van der Waals surface area contributed by atoms with Gasteiger partial charge in [-0.3, -0.25) is 0 Å². The summed E-state index contributed by atoms with van der Waals surface area (Å²) in [6.45, 7) is 0. The van der Waals surface area contributed by atoms with E-state index in [1.54, 1.807) is 24.3 Å². The molecule has 0 amide bonds. The first kappa shape index (κ1) is 11.4. The molecule has 1 aromatic carbocycles. The van der Waals surface area contributed by atoms with E-state index in [-0.39, 0.29) is 18.0 Å². The van der Waals surface area contributed by atoms with Crippen LogP contribution in [0.3, 0.4) is 0 Å². The van der Waals surface area contributed by atoms with Crippen LogP contribution >= 0.6 is 11.6 Å². The van der Waals surface area contributed by atoms with Gasteiger partial charge in [0, 0.05) is 5.02 Å². The third-order valence-electron chi connectivity index (χ3n) is 1.82. The molecule has 0 unspecified atom stereocenters. The van der Waals surface area contributed by atoms with Gasteiger partial charge in [-0.2, -0.15) is 9.97 Å². The molecule has 0 atom stereocenters. The van der Waals surface area contributed by atoms with Crippen LogP contribution in [0.2, 0.25) is 5.02 Å². The van der Waals surface area contributed by atoms with E-state index in [9.17, 15) is 0 Å². The topological polar surface area (TPSA) is 83.2 Å². The van der Waals surface area contributed by atoms with E-state index in [0.717, 1.165) is 0 Å². The van der Waals surface area contributed by atoms with Crippen LogP contribution in [0.15, 0.2) is 24.3 Å². The number of methoxy groups -OCH3 is 1. The summed E-state index contributed by atoms with van der Waals surface area (Å²) < 4.78 is 10.2. The van der Waals surface area contributed by atoms with Gasteiger partial charge in [0.05, 0.1) is 7.11 Å². The molecule has 0 radical (unpaired) electrons. The number of nitrogens with zero attached hydrogens (tertiary/aromatic N) is 3. The number of rotatable bonds is 3. The molecule has 0 aliphatic rings. The Morgan fingerprint density at radius 1 is 1.06 bits per heavy atom. The predicted octanol–water partition coefficient (Wildman–Crippen LogP) is 1.91. The number of hydrogen-bond acceptors (Lipinski definition) is 6. The average molecular weight is 253 g/mol. The fourth-order valence-electron chi connectivity index (χ4n) is 1.10. The maximum Gasteiger partial charge on any atom is 0.330 e. The Bertz CT molecular complexity index is 518. The van der Waals surface area contributed by atoms with Gasteiger partial charge in [0.1, 0.15) is 5.75 Å². The zero-order chi connectivity index (χ0) is 12.3. The molecule has 0 saturated carbocycles. The van der Waals surface area contributed by atoms with Crippen LogP contribution in [-0.2, 0) is 0 Å². The number of nitrogens with two attached hydrogens (primary N) is 1. The fraction of sp³-hybridized carbons (Fsp3) is 0.100. The lowest BCUT2D eigenvalue weighted by atomic mass is 10.3.